The number of Topliss-reactive ketones (excluding diaryl/α,β-unsaturated/α-hetero) is 1. The molecule has 0 aromatic carbocycles. The van der Waals surface area contributed by atoms with Gasteiger partial charge in [-0.1, -0.05) is 52.9 Å². The van der Waals surface area contributed by atoms with Gasteiger partial charge in [-0.2, -0.15) is 0 Å². The van der Waals surface area contributed by atoms with Gasteiger partial charge in [-0.05, 0) is 12.3 Å². The Hall–Kier alpha value is -0.370. The van der Waals surface area contributed by atoms with Crippen molar-refractivity contribution in [2.24, 2.45) is 17.1 Å². The van der Waals surface area contributed by atoms with Crippen molar-refractivity contribution in [1.82, 2.24) is 0 Å². The molecule has 0 aliphatic heterocycles. The SMILES string of the molecule is CC(C)(C)C(=O)[C@H](N)CC1CCCCC1. The Bertz CT molecular complexity index is 211. The van der Waals surface area contributed by atoms with Crippen molar-refractivity contribution >= 4 is 5.78 Å². The van der Waals surface area contributed by atoms with Crippen LogP contribution in [0.5, 0.6) is 0 Å². The number of hydrogen-bond donors (Lipinski definition) is 1. The van der Waals surface area contributed by atoms with Crippen LogP contribution in [0.15, 0.2) is 0 Å². The second kappa shape index (κ2) is 5.11. The van der Waals surface area contributed by atoms with E-state index in [-0.39, 0.29) is 17.2 Å². The highest BCUT2D eigenvalue weighted by Crippen LogP contribution is 2.28. The van der Waals surface area contributed by atoms with Gasteiger partial charge in [0.2, 0.25) is 0 Å². The molecule has 0 aromatic rings. The highest BCUT2D eigenvalue weighted by Gasteiger charge is 2.29. The molecule has 0 aromatic heterocycles. The largest absolute Gasteiger partial charge is 0.321 e. The van der Waals surface area contributed by atoms with Crippen LogP contribution in [0.3, 0.4) is 0 Å². The molecule has 0 radical (unpaired) electrons. The van der Waals surface area contributed by atoms with Gasteiger partial charge in [0.15, 0.2) is 5.78 Å². The van der Waals surface area contributed by atoms with Gasteiger partial charge in [-0.3, -0.25) is 4.79 Å². The van der Waals surface area contributed by atoms with E-state index >= 15 is 0 Å². The average molecular weight is 211 g/mol. The van der Waals surface area contributed by atoms with Crippen LogP contribution in [0.25, 0.3) is 0 Å². The topological polar surface area (TPSA) is 43.1 Å². The maximum Gasteiger partial charge on any atom is 0.154 e. The van der Waals surface area contributed by atoms with Crippen molar-refractivity contribution in [1.29, 1.82) is 0 Å². The summed E-state index contributed by atoms with van der Waals surface area (Å²) in [6, 6.07) is -0.243. The van der Waals surface area contributed by atoms with E-state index in [1.54, 1.807) is 0 Å². The third-order valence-corrected chi connectivity index (χ3v) is 3.39. The van der Waals surface area contributed by atoms with Crippen molar-refractivity contribution in [3.8, 4) is 0 Å². The van der Waals surface area contributed by atoms with Crippen molar-refractivity contribution in [3.63, 3.8) is 0 Å². The predicted molar refractivity (Wildman–Crippen MR) is 63.6 cm³/mol. The van der Waals surface area contributed by atoms with Gasteiger partial charge in [0.05, 0.1) is 6.04 Å². The van der Waals surface area contributed by atoms with E-state index in [1.165, 1.54) is 32.1 Å². The quantitative estimate of drug-likeness (QED) is 0.780. The Morgan fingerprint density at radius 2 is 1.80 bits per heavy atom. The molecule has 88 valence electrons. The van der Waals surface area contributed by atoms with Gasteiger partial charge in [-0.15, -0.1) is 0 Å². The molecule has 0 saturated heterocycles. The zero-order valence-corrected chi connectivity index (χ0v) is 10.4. The third kappa shape index (κ3) is 3.94. The van der Waals surface area contributed by atoms with Crippen LogP contribution in [0.4, 0.5) is 0 Å². The Balaban J connectivity index is 2.40. The van der Waals surface area contributed by atoms with Gasteiger partial charge in [-0.25, -0.2) is 0 Å². The van der Waals surface area contributed by atoms with Gasteiger partial charge in [0, 0.05) is 5.41 Å². The Kier molecular flexibility index (Phi) is 4.32. The fraction of sp³-hybridized carbons (Fsp3) is 0.923. The summed E-state index contributed by atoms with van der Waals surface area (Å²) in [5, 5.41) is 0. The molecule has 1 rings (SSSR count). The second-order valence-corrected chi connectivity index (χ2v) is 5.96. The maximum absolute atomic E-state index is 11.9. The van der Waals surface area contributed by atoms with Crippen LogP contribution >= 0.6 is 0 Å². The van der Waals surface area contributed by atoms with E-state index < -0.39 is 0 Å². The Morgan fingerprint density at radius 1 is 1.27 bits per heavy atom. The predicted octanol–water partition coefficient (Wildman–Crippen LogP) is 2.90. The lowest BCUT2D eigenvalue weighted by Gasteiger charge is -2.27. The molecule has 0 unspecified atom stereocenters. The summed E-state index contributed by atoms with van der Waals surface area (Å²) in [6.45, 7) is 5.86. The molecule has 1 fully saturated rings. The molecule has 1 saturated carbocycles. The Labute approximate surface area is 93.6 Å². The summed E-state index contributed by atoms with van der Waals surface area (Å²) < 4.78 is 0. The summed E-state index contributed by atoms with van der Waals surface area (Å²) in [5.41, 5.74) is 5.70. The van der Waals surface area contributed by atoms with Gasteiger partial charge >= 0.3 is 0 Å². The lowest BCUT2D eigenvalue weighted by molar-refractivity contribution is -0.128. The van der Waals surface area contributed by atoms with E-state index in [0.29, 0.717) is 5.92 Å². The van der Waals surface area contributed by atoms with Crippen LogP contribution < -0.4 is 5.73 Å². The minimum absolute atomic E-state index is 0.216. The lowest BCUT2D eigenvalue weighted by Crippen LogP contribution is -2.40. The molecule has 2 N–H and O–H groups in total. The van der Waals surface area contributed by atoms with Crippen LogP contribution in [0.2, 0.25) is 0 Å². The highest BCUT2D eigenvalue weighted by atomic mass is 16.1. The molecular weight excluding hydrogens is 186 g/mol. The molecular formula is C13H25NO. The number of carbonyl (C=O) groups is 1. The first-order chi connectivity index (χ1) is 6.91. The first-order valence-electron chi connectivity index (χ1n) is 6.21. The minimum Gasteiger partial charge on any atom is -0.321 e. The van der Waals surface area contributed by atoms with Gasteiger partial charge in [0.1, 0.15) is 0 Å². The zero-order valence-electron chi connectivity index (χ0n) is 10.4. The van der Waals surface area contributed by atoms with Crippen molar-refractivity contribution < 1.29 is 4.79 Å². The fourth-order valence-corrected chi connectivity index (χ4v) is 2.45. The van der Waals surface area contributed by atoms with Crippen molar-refractivity contribution in [2.45, 2.75) is 65.3 Å². The minimum atomic E-state index is -0.284. The number of hydrogen-bond acceptors (Lipinski definition) is 2. The lowest BCUT2D eigenvalue weighted by atomic mass is 9.79. The highest BCUT2D eigenvalue weighted by molar-refractivity contribution is 5.88. The zero-order chi connectivity index (χ0) is 11.5. The van der Waals surface area contributed by atoms with Crippen LogP contribution in [0.1, 0.15) is 59.3 Å². The number of nitrogens with two attached hydrogens (primary N) is 1. The third-order valence-electron chi connectivity index (χ3n) is 3.39. The maximum atomic E-state index is 11.9. The van der Waals surface area contributed by atoms with Gasteiger partial charge in [0.25, 0.3) is 0 Å². The van der Waals surface area contributed by atoms with E-state index in [4.69, 9.17) is 5.73 Å². The van der Waals surface area contributed by atoms with Crippen LogP contribution in [0, 0.1) is 11.3 Å². The van der Waals surface area contributed by atoms with E-state index in [9.17, 15) is 4.79 Å². The van der Waals surface area contributed by atoms with Crippen molar-refractivity contribution in [2.75, 3.05) is 0 Å². The number of rotatable bonds is 3. The van der Waals surface area contributed by atoms with Crippen molar-refractivity contribution in [3.05, 3.63) is 0 Å². The van der Waals surface area contributed by atoms with E-state index in [0.717, 1.165) is 6.42 Å². The molecule has 2 nitrogen and oxygen atoms in total. The molecule has 0 heterocycles. The average Bonchev–Trinajstić information content (AvgIpc) is 2.16. The Morgan fingerprint density at radius 3 is 2.27 bits per heavy atom. The first kappa shape index (κ1) is 12.7. The molecule has 2 heteroatoms. The summed E-state index contributed by atoms with van der Waals surface area (Å²) in [4.78, 5) is 11.9. The molecule has 1 aliphatic rings. The summed E-state index contributed by atoms with van der Waals surface area (Å²) >= 11 is 0. The molecule has 1 atom stereocenters. The monoisotopic (exact) mass is 211 g/mol. The van der Waals surface area contributed by atoms with E-state index in [1.807, 2.05) is 20.8 Å². The first-order valence-corrected chi connectivity index (χ1v) is 6.21. The molecule has 15 heavy (non-hydrogen) atoms. The standard InChI is InChI=1S/C13H25NO/c1-13(2,3)12(15)11(14)9-10-7-5-4-6-8-10/h10-11H,4-9,14H2,1-3H3/t11-/m1/s1. The summed E-state index contributed by atoms with van der Waals surface area (Å²) in [7, 11) is 0. The second-order valence-electron chi connectivity index (χ2n) is 5.96. The number of carbonyl (C=O) groups excluding carboxylic acids is 1. The fourth-order valence-electron chi connectivity index (χ4n) is 2.45. The van der Waals surface area contributed by atoms with E-state index in [2.05, 4.69) is 0 Å². The van der Waals surface area contributed by atoms with Crippen LogP contribution in [-0.2, 0) is 4.79 Å². The van der Waals surface area contributed by atoms with Gasteiger partial charge < -0.3 is 5.73 Å². The molecule has 0 amide bonds. The smallest absolute Gasteiger partial charge is 0.154 e. The molecule has 0 spiro atoms. The number of ketones is 1. The summed E-state index contributed by atoms with van der Waals surface area (Å²) in [5.74, 6) is 0.910. The summed E-state index contributed by atoms with van der Waals surface area (Å²) in [6.07, 6.45) is 7.44. The molecule has 0 bridgehead atoms. The normalized spacial score (nSPS) is 21.3. The van der Waals surface area contributed by atoms with Crippen LogP contribution in [-0.4, -0.2) is 11.8 Å². The molecule has 1 aliphatic carbocycles.